The normalized spacial score (nSPS) is 9.96. The van der Waals surface area contributed by atoms with Crippen LogP contribution in [0.2, 0.25) is 0 Å². The number of ether oxygens (including phenoxy) is 3. The minimum absolute atomic E-state index is 0.117. The largest absolute Gasteiger partial charge is 0.493 e. The lowest BCUT2D eigenvalue weighted by atomic mass is 10.1. The molecule has 0 atom stereocenters. The maximum absolute atomic E-state index is 12.2. The molecule has 28 heavy (non-hydrogen) atoms. The SMILES string of the molecule is CCOC(=O)c1ccccc1NC(=O)C(=O)NCc1ccc(OC)c(OC)c1. The highest BCUT2D eigenvalue weighted by atomic mass is 16.5. The van der Waals surface area contributed by atoms with Gasteiger partial charge in [-0.15, -0.1) is 0 Å². The van der Waals surface area contributed by atoms with Gasteiger partial charge in [0.05, 0.1) is 32.1 Å². The van der Waals surface area contributed by atoms with E-state index in [-0.39, 0.29) is 24.4 Å². The molecule has 0 bridgehead atoms. The summed E-state index contributed by atoms with van der Waals surface area (Å²) >= 11 is 0. The Morgan fingerprint density at radius 2 is 1.64 bits per heavy atom. The first kappa shape index (κ1) is 20.8. The third-order valence-corrected chi connectivity index (χ3v) is 3.78. The molecule has 0 saturated heterocycles. The second-order valence-electron chi connectivity index (χ2n) is 5.59. The second kappa shape index (κ2) is 9.96. The van der Waals surface area contributed by atoms with Crippen LogP contribution < -0.4 is 20.1 Å². The van der Waals surface area contributed by atoms with Crippen molar-refractivity contribution in [3.63, 3.8) is 0 Å². The van der Waals surface area contributed by atoms with Crippen molar-refractivity contribution in [2.75, 3.05) is 26.1 Å². The number of para-hydroxylation sites is 1. The van der Waals surface area contributed by atoms with E-state index in [1.807, 2.05) is 0 Å². The molecule has 2 N–H and O–H groups in total. The predicted molar refractivity (Wildman–Crippen MR) is 102 cm³/mol. The van der Waals surface area contributed by atoms with E-state index in [1.54, 1.807) is 37.3 Å². The number of nitrogens with one attached hydrogen (secondary N) is 2. The number of carbonyl (C=O) groups is 3. The van der Waals surface area contributed by atoms with Gasteiger partial charge >= 0.3 is 17.8 Å². The molecule has 0 spiro atoms. The van der Waals surface area contributed by atoms with Crippen LogP contribution in [0.1, 0.15) is 22.8 Å². The summed E-state index contributed by atoms with van der Waals surface area (Å²) < 4.78 is 15.3. The molecule has 0 saturated carbocycles. The second-order valence-corrected chi connectivity index (χ2v) is 5.59. The molecule has 2 amide bonds. The lowest BCUT2D eigenvalue weighted by molar-refractivity contribution is -0.136. The summed E-state index contributed by atoms with van der Waals surface area (Å²) in [5.41, 5.74) is 1.10. The standard InChI is InChI=1S/C20H22N2O6/c1-4-28-20(25)14-7-5-6-8-15(14)22-19(24)18(23)21-12-13-9-10-16(26-2)17(11-13)27-3/h5-11H,4,12H2,1-3H3,(H,21,23)(H,22,24). The summed E-state index contributed by atoms with van der Waals surface area (Å²) in [5, 5.41) is 4.95. The van der Waals surface area contributed by atoms with Crippen LogP contribution in [0.15, 0.2) is 42.5 Å². The molecule has 0 aliphatic carbocycles. The Hall–Kier alpha value is -3.55. The van der Waals surface area contributed by atoms with Gasteiger partial charge in [-0.3, -0.25) is 9.59 Å². The Labute approximate surface area is 162 Å². The van der Waals surface area contributed by atoms with Crippen molar-refractivity contribution in [1.82, 2.24) is 5.32 Å². The highest BCUT2D eigenvalue weighted by Crippen LogP contribution is 2.27. The molecule has 0 heterocycles. The number of anilines is 1. The van der Waals surface area contributed by atoms with E-state index in [0.717, 1.165) is 5.56 Å². The van der Waals surface area contributed by atoms with Gasteiger partial charge in [0.25, 0.3) is 0 Å². The Bertz CT molecular complexity index is 866. The molecule has 2 aromatic rings. The Kier molecular flexibility index (Phi) is 7.38. The monoisotopic (exact) mass is 386 g/mol. The molecular weight excluding hydrogens is 364 g/mol. The Balaban J connectivity index is 2.01. The topological polar surface area (TPSA) is 103 Å². The van der Waals surface area contributed by atoms with Crippen LogP contribution in [-0.2, 0) is 20.9 Å². The maximum Gasteiger partial charge on any atom is 0.340 e. The minimum Gasteiger partial charge on any atom is -0.493 e. The van der Waals surface area contributed by atoms with Crippen molar-refractivity contribution in [2.45, 2.75) is 13.5 Å². The molecule has 2 aromatic carbocycles. The fraction of sp³-hybridized carbons (Fsp3) is 0.250. The van der Waals surface area contributed by atoms with Gasteiger partial charge < -0.3 is 24.8 Å². The van der Waals surface area contributed by atoms with Crippen LogP contribution in [0, 0.1) is 0 Å². The number of hydrogen-bond acceptors (Lipinski definition) is 6. The zero-order valence-corrected chi connectivity index (χ0v) is 15.9. The molecule has 2 rings (SSSR count). The highest BCUT2D eigenvalue weighted by molar-refractivity contribution is 6.39. The van der Waals surface area contributed by atoms with E-state index in [4.69, 9.17) is 14.2 Å². The molecule has 0 aromatic heterocycles. The number of amides is 2. The van der Waals surface area contributed by atoms with Gasteiger partial charge in [-0.1, -0.05) is 18.2 Å². The molecule has 0 radical (unpaired) electrons. The summed E-state index contributed by atoms with van der Waals surface area (Å²) in [6.07, 6.45) is 0. The Morgan fingerprint density at radius 3 is 2.32 bits per heavy atom. The van der Waals surface area contributed by atoms with Crippen molar-refractivity contribution in [2.24, 2.45) is 0 Å². The van der Waals surface area contributed by atoms with Crippen LogP contribution in [0.3, 0.4) is 0 Å². The van der Waals surface area contributed by atoms with Crippen molar-refractivity contribution in [3.8, 4) is 11.5 Å². The van der Waals surface area contributed by atoms with Crippen LogP contribution in [0.4, 0.5) is 5.69 Å². The number of benzene rings is 2. The number of hydrogen-bond donors (Lipinski definition) is 2. The fourth-order valence-electron chi connectivity index (χ4n) is 2.41. The summed E-state index contributed by atoms with van der Waals surface area (Å²) in [5.74, 6) is -1.23. The van der Waals surface area contributed by atoms with Gasteiger partial charge in [0.15, 0.2) is 11.5 Å². The summed E-state index contributed by atoms with van der Waals surface area (Å²) in [6.45, 7) is 2.00. The van der Waals surface area contributed by atoms with Gasteiger partial charge in [0, 0.05) is 6.54 Å². The van der Waals surface area contributed by atoms with Crippen LogP contribution >= 0.6 is 0 Å². The molecule has 0 unspecified atom stereocenters. The predicted octanol–water partition coefficient (Wildman–Crippen LogP) is 2.14. The fourth-order valence-corrected chi connectivity index (χ4v) is 2.41. The van der Waals surface area contributed by atoms with E-state index in [9.17, 15) is 14.4 Å². The number of methoxy groups -OCH3 is 2. The van der Waals surface area contributed by atoms with E-state index < -0.39 is 17.8 Å². The first-order valence-corrected chi connectivity index (χ1v) is 8.56. The minimum atomic E-state index is -0.891. The number of esters is 1. The van der Waals surface area contributed by atoms with E-state index >= 15 is 0 Å². The smallest absolute Gasteiger partial charge is 0.340 e. The molecular formula is C20H22N2O6. The summed E-state index contributed by atoms with van der Waals surface area (Å²) in [6, 6.07) is 11.5. The summed E-state index contributed by atoms with van der Waals surface area (Å²) in [4.78, 5) is 36.2. The van der Waals surface area contributed by atoms with Crippen molar-refractivity contribution in [3.05, 3.63) is 53.6 Å². The average molecular weight is 386 g/mol. The van der Waals surface area contributed by atoms with Crippen molar-refractivity contribution < 1.29 is 28.6 Å². The van der Waals surface area contributed by atoms with Gasteiger partial charge in [-0.25, -0.2) is 4.79 Å². The van der Waals surface area contributed by atoms with Gasteiger partial charge in [0.1, 0.15) is 0 Å². The van der Waals surface area contributed by atoms with Crippen LogP contribution in [0.5, 0.6) is 11.5 Å². The molecule has 8 heteroatoms. The van der Waals surface area contributed by atoms with E-state index in [1.165, 1.54) is 26.4 Å². The first-order valence-electron chi connectivity index (χ1n) is 8.56. The quantitative estimate of drug-likeness (QED) is 0.558. The van der Waals surface area contributed by atoms with Crippen LogP contribution in [-0.4, -0.2) is 38.6 Å². The lowest BCUT2D eigenvalue weighted by Gasteiger charge is -2.11. The molecule has 0 fully saturated rings. The van der Waals surface area contributed by atoms with Crippen LogP contribution in [0.25, 0.3) is 0 Å². The van der Waals surface area contributed by atoms with E-state index in [2.05, 4.69) is 10.6 Å². The van der Waals surface area contributed by atoms with Gasteiger partial charge in [0.2, 0.25) is 0 Å². The zero-order chi connectivity index (χ0) is 20.5. The third-order valence-electron chi connectivity index (χ3n) is 3.78. The zero-order valence-electron chi connectivity index (χ0n) is 15.9. The number of carbonyl (C=O) groups excluding carboxylic acids is 3. The third kappa shape index (κ3) is 5.23. The van der Waals surface area contributed by atoms with E-state index in [0.29, 0.717) is 11.5 Å². The van der Waals surface area contributed by atoms with Gasteiger partial charge in [-0.05, 0) is 36.8 Å². The van der Waals surface area contributed by atoms with Crippen molar-refractivity contribution in [1.29, 1.82) is 0 Å². The Morgan fingerprint density at radius 1 is 0.929 bits per heavy atom. The average Bonchev–Trinajstić information content (AvgIpc) is 2.72. The molecule has 0 aliphatic heterocycles. The highest BCUT2D eigenvalue weighted by Gasteiger charge is 2.18. The maximum atomic E-state index is 12.2. The molecule has 0 aliphatic rings. The lowest BCUT2D eigenvalue weighted by Crippen LogP contribution is -2.35. The van der Waals surface area contributed by atoms with Crippen molar-refractivity contribution >= 4 is 23.5 Å². The number of rotatable bonds is 7. The summed E-state index contributed by atoms with van der Waals surface area (Å²) in [7, 11) is 3.03. The molecule has 148 valence electrons. The first-order chi connectivity index (χ1) is 13.5. The molecule has 8 nitrogen and oxygen atoms in total. The van der Waals surface area contributed by atoms with Gasteiger partial charge in [-0.2, -0.15) is 0 Å².